The van der Waals surface area contributed by atoms with Crippen LogP contribution in [0, 0.1) is 5.82 Å². The van der Waals surface area contributed by atoms with Crippen molar-refractivity contribution in [1.82, 2.24) is 30.1 Å². The van der Waals surface area contributed by atoms with Crippen LogP contribution in [0.1, 0.15) is 18.5 Å². The minimum absolute atomic E-state index is 0.219. The highest BCUT2D eigenvalue weighted by molar-refractivity contribution is 5.53. The lowest BCUT2D eigenvalue weighted by atomic mass is 9.82. The molecule has 7 nitrogen and oxygen atoms in total. The van der Waals surface area contributed by atoms with E-state index in [1.54, 1.807) is 36.2 Å². The van der Waals surface area contributed by atoms with Crippen LogP contribution in [-0.2, 0) is 19.0 Å². The minimum atomic E-state index is -0.365. The van der Waals surface area contributed by atoms with Crippen LogP contribution >= 0.6 is 0 Å². The van der Waals surface area contributed by atoms with E-state index in [0.29, 0.717) is 11.5 Å². The summed E-state index contributed by atoms with van der Waals surface area (Å²) in [5.74, 6) is 0.392. The van der Waals surface area contributed by atoms with Crippen molar-refractivity contribution in [1.29, 1.82) is 0 Å². The molecular formula is C16H17FN6O. The number of rotatable bonds is 4. The van der Waals surface area contributed by atoms with Crippen molar-refractivity contribution in [2.24, 2.45) is 7.05 Å². The lowest BCUT2D eigenvalue weighted by Crippen LogP contribution is -2.57. The first-order valence-electron chi connectivity index (χ1n) is 7.70. The van der Waals surface area contributed by atoms with Gasteiger partial charge in [0.2, 0.25) is 5.89 Å². The Hall–Kier alpha value is -2.61. The van der Waals surface area contributed by atoms with Crippen LogP contribution in [0.2, 0.25) is 0 Å². The molecule has 3 heterocycles. The summed E-state index contributed by atoms with van der Waals surface area (Å²) in [5, 5.41) is 16.5. The van der Waals surface area contributed by atoms with Gasteiger partial charge in [0.15, 0.2) is 0 Å². The molecule has 0 atom stereocenters. The van der Waals surface area contributed by atoms with Crippen LogP contribution < -0.4 is 0 Å². The summed E-state index contributed by atoms with van der Waals surface area (Å²) in [6.45, 7) is 4.36. The fourth-order valence-electron chi connectivity index (χ4n) is 3.09. The molecule has 3 aromatic rings. The van der Waals surface area contributed by atoms with Crippen molar-refractivity contribution in [3.05, 3.63) is 47.9 Å². The third-order valence-corrected chi connectivity index (χ3v) is 4.22. The molecule has 4 rings (SSSR count). The van der Waals surface area contributed by atoms with Gasteiger partial charge in [-0.15, -0.1) is 10.2 Å². The van der Waals surface area contributed by atoms with Crippen molar-refractivity contribution >= 4 is 0 Å². The molecule has 0 amide bonds. The van der Waals surface area contributed by atoms with Crippen LogP contribution in [0.5, 0.6) is 0 Å². The molecule has 1 saturated heterocycles. The predicted octanol–water partition coefficient (Wildman–Crippen LogP) is 1.78. The normalized spacial score (nSPS) is 17.0. The third-order valence-electron chi connectivity index (χ3n) is 4.22. The van der Waals surface area contributed by atoms with E-state index in [-0.39, 0.29) is 17.1 Å². The monoisotopic (exact) mass is 328 g/mol. The SMILES string of the molecule is Cn1ncc(CN2CC(C)(c3nnc(-c4ccccc4F)o3)C2)n1. The van der Waals surface area contributed by atoms with Gasteiger partial charge in [0.05, 0.1) is 22.9 Å². The summed E-state index contributed by atoms with van der Waals surface area (Å²) in [7, 11) is 1.80. The molecule has 0 spiro atoms. The van der Waals surface area contributed by atoms with E-state index in [1.807, 2.05) is 0 Å². The quantitative estimate of drug-likeness (QED) is 0.727. The molecule has 1 aliphatic heterocycles. The first-order chi connectivity index (χ1) is 11.5. The Balaban J connectivity index is 1.46. The van der Waals surface area contributed by atoms with Gasteiger partial charge >= 0.3 is 0 Å². The predicted molar refractivity (Wildman–Crippen MR) is 83.3 cm³/mol. The Bertz CT molecular complexity index is 867. The average Bonchev–Trinajstić information content (AvgIpc) is 3.15. The van der Waals surface area contributed by atoms with Gasteiger partial charge in [-0.25, -0.2) is 4.39 Å². The molecule has 0 N–H and O–H groups in total. The Kier molecular flexibility index (Phi) is 3.42. The van der Waals surface area contributed by atoms with Crippen molar-refractivity contribution in [3.63, 3.8) is 0 Å². The summed E-state index contributed by atoms with van der Waals surface area (Å²) in [6.07, 6.45) is 1.76. The molecule has 1 fully saturated rings. The molecule has 2 aromatic heterocycles. The lowest BCUT2D eigenvalue weighted by molar-refractivity contribution is 0.0500. The average molecular weight is 328 g/mol. The van der Waals surface area contributed by atoms with Gasteiger partial charge in [-0.2, -0.15) is 15.0 Å². The second-order valence-corrected chi connectivity index (χ2v) is 6.42. The standard InChI is InChI=1S/C16H17FN6O/c1-16(9-23(10-16)8-11-7-18-22(2)21-11)15-20-19-14(24-15)12-5-3-4-6-13(12)17/h3-7H,8-10H2,1-2H3. The maximum Gasteiger partial charge on any atom is 0.250 e. The number of nitrogens with zero attached hydrogens (tertiary/aromatic N) is 6. The summed E-state index contributed by atoms with van der Waals surface area (Å²) < 4.78 is 19.6. The molecule has 0 bridgehead atoms. The van der Waals surface area contributed by atoms with E-state index >= 15 is 0 Å². The van der Waals surface area contributed by atoms with E-state index in [0.717, 1.165) is 25.3 Å². The minimum Gasteiger partial charge on any atom is -0.420 e. The van der Waals surface area contributed by atoms with Gasteiger partial charge in [-0.1, -0.05) is 12.1 Å². The van der Waals surface area contributed by atoms with Gasteiger partial charge in [0.25, 0.3) is 5.89 Å². The first-order valence-corrected chi connectivity index (χ1v) is 7.70. The topological polar surface area (TPSA) is 72.9 Å². The molecule has 24 heavy (non-hydrogen) atoms. The number of hydrogen-bond donors (Lipinski definition) is 0. The van der Waals surface area contributed by atoms with Crippen LogP contribution in [0.3, 0.4) is 0 Å². The van der Waals surface area contributed by atoms with Crippen LogP contribution in [0.25, 0.3) is 11.5 Å². The Morgan fingerprint density at radius 2 is 2.04 bits per heavy atom. The van der Waals surface area contributed by atoms with Crippen LogP contribution in [0.4, 0.5) is 4.39 Å². The Morgan fingerprint density at radius 1 is 1.25 bits per heavy atom. The second kappa shape index (κ2) is 5.48. The zero-order valence-electron chi connectivity index (χ0n) is 13.5. The number of halogens is 1. The first kappa shape index (κ1) is 14.9. The maximum atomic E-state index is 13.8. The summed E-state index contributed by atoms with van der Waals surface area (Å²) in [4.78, 5) is 3.78. The van der Waals surface area contributed by atoms with Crippen molar-refractivity contribution in [3.8, 4) is 11.5 Å². The van der Waals surface area contributed by atoms with Gasteiger partial charge in [-0.05, 0) is 19.1 Å². The zero-order valence-corrected chi connectivity index (χ0v) is 13.5. The van der Waals surface area contributed by atoms with E-state index < -0.39 is 0 Å². The Morgan fingerprint density at radius 3 is 2.75 bits per heavy atom. The summed E-state index contributed by atoms with van der Waals surface area (Å²) >= 11 is 0. The van der Waals surface area contributed by atoms with Crippen LogP contribution in [-0.4, -0.2) is 43.2 Å². The second-order valence-electron chi connectivity index (χ2n) is 6.42. The van der Waals surface area contributed by atoms with Gasteiger partial charge in [0.1, 0.15) is 5.82 Å². The van der Waals surface area contributed by atoms with E-state index in [9.17, 15) is 4.39 Å². The van der Waals surface area contributed by atoms with E-state index in [2.05, 4.69) is 32.2 Å². The zero-order chi connectivity index (χ0) is 16.7. The fourth-order valence-corrected chi connectivity index (χ4v) is 3.09. The van der Waals surface area contributed by atoms with Gasteiger partial charge in [0, 0.05) is 26.7 Å². The van der Waals surface area contributed by atoms with E-state index in [1.165, 1.54) is 6.07 Å². The number of hydrogen-bond acceptors (Lipinski definition) is 6. The van der Waals surface area contributed by atoms with Crippen LogP contribution in [0.15, 0.2) is 34.9 Å². The molecule has 124 valence electrons. The molecule has 1 aromatic carbocycles. The third kappa shape index (κ3) is 2.58. The molecule has 1 aliphatic rings. The highest BCUT2D eigenvalue weighted by atomic mass is 19.1. The summed E-state index contributed by atoms with van der Waals surface area (Å²) in [5.41, 5.74) is 1.03. The van der Waals surface area contributed by atoms with Gasteiger partial charge < -0.3 is 4.42 Å². The van der Waals surface area contributed by atoms with Gasteiger partial charge in [-0.3, -0.25) is 4.90 Å². The highest BCUT2D eigenvalue weighted by Crippen LogP contribution is 2.35. The highest BCUT2D eigenvalue weighted by Gasteiger charge is 2.44. The van der Waals surface area contributed by atoms with Crippen molar-refractivity contribution < 1.29 is 8.81 Å². The number of likely N-dealkylation sites (tertiary alicyclic amines) is 1. The number of benzene rings is 1. The van der Waals surface area contributed by atoms with Crippen molar-refractivity contribution in [2.45, 2.75) is 18.9 Å². The van der Waals surface area contributed by atoms with E-state index in [4.69, 9.17) is 4.42 Å². The smallest absolute Gasteiger partial charge is 0.250 e. The maximum absolute atomic E-state index is 13.8. The molecular weight excluding hydrogens is 311 g/mol. The molecule has 0 radical (unpaired) electrons. The van der Waals surface area contributed by atoms with Crippen molar-refractivity contribution in [2.75, 3.05) is 13.1 Å². The number of aromatic nitrogens is 5. The summed E-state index contributed by atoms with van der Waals surface area (Å²) in [6, 6.07) is 6.40. The molecule has 8 heteroatoms. The fraction of sp³-hybridized carbons (Fsp3) is 0.375. The lowest BCUT2D eigenvalue weighted by Gasteiger charge is -2.45. The molecule has 0 unspecified atom stereocenters. The largest absolute Gasteiger partial charge is 0.420 e. The molecule has 0 aliphatic carbocycles. The number of aryl methyl sites for hydroxylation is 1. The molecule has 0 saturated carbocycles. The Labute approximate surface area is 138 Å².